The van der Waals surface area contributed by atoms with Crippen molar-refractivity contribution in [1.29, 1.82) is 0 Å². The van der Waals surface area contributed by atoms with Gasteiger partial charge in [0.15, 0.2) is 0 Å². The van der Waals surface area contributed by atoms with Crippen LogP contribution in [0.3, 0.4) is 0 Å². The fourth-order valence-corrected chi connectivity index (χ4v) is 2.48. The molecule has 0 radical (unpaired) electrons. The summed E-state index contributed by atoms with van der Waals surface area (Å²) in [5, 5.41) is 2.72. The molecule has 2 atom stereocenters. The Bertz CT molecular complexity index is 525. The Kier molecular flexibility index (Phi) is 5.77. The zero-order chi connectivity index (χ0) is 15.9. The number of benzene rings is 1. The Morgan fingerprint density at radius 3 is 2.77 bits per heavy atom. The SMILES string of the molecule is COC(=O)[C@@H](Cc1ccccc1OC)NC(=O)[C@H]1CCCO1. The van der Waals surface area contributed by atoms with E-state index in [0.29, 0.717) is 25.2 Å². The molecule has 0 saturated carbocycles. The van der Waals surface area contributed by atoms with E-state index < -0.39 is 18.1 Å². The fraction of sp³-hybridized carbons (Fsp3) is 0.500. The van der Waals surface area contributed by atoms with E-state index in [1.54, 1.807) is 7.11 Å². The van der Waals surface area contributed by atoms with Gasteiger partial charge in [-0.05, 0) is 24.5 Å². The molecule has 1 aromatic rings. The molecule has 1 fully saturated rings. The van der Waals surface area contributed by atoms with Gasteiger partial charge in [-0.1, -0.05) is 18.2 Å². The zero-order valence-corrected chi connectivity index (χ0v) is 12.8. The fourth-order valence-electron chi connectivity index (χ4n) is 2.48. The summed E-state index contributed by atoms with van der Waals surface area (Å²) in [6.07, 6.45) is 1.35. The highest BCUT2D eigenvalue weighted by Gasteiger charge is 2.29. The molecule has 120 valence electrons. The Morgan fingerprint density at radius 2 is 2.14 bits per heavy atom. The van der Waals surface area contributed by atoms with Crippen LogP contribution in [0.4, 0.5) is 0 Å². The summed E-state index contributed by atoms with van der Waals surface area (Å²) < 4.78 is 15.4. The van der Waals surface area contributed by atoms with Crippen LogP contribution in [0, 0.1) is 0 Å². The standard InChI is InChI=1S/C16H21NO5/c1-20-13-7-4-3-6-11(13)10-12(16(19)21-2)17-15(18)14-8-5-9-22-14/h3-4,6-7,12,14H,5,8-10H2,1-2H3,(H,17,18)/t12-,14-/m1/s1. The number of carbonyl (C=O) groups is 2. The van der Waals surface area contributed by atoms with Crippen LogP contribution in [0.25, 0.3) is 0 Å². The Hall–Kier alpha value is -2.08. The Morgan fingerprint density at radius 1 is 1.36 bits per heavy atom. The van der Waals surface area contributed by atoms with Gasteiger partial charge in [0.1, 0.15) is 17.9 Å². The minimum absolute atomic E-state index is 0.275. The van der Waals surface area contributed by atoms with Crippen LogP contribution in [0.5, 0.6) is 5.75 Å². The molecular weight excluding hydrogens is 286 g/mol. The van der Waals surface area contributed by atoms with Crippen molar-refractivity contribution in [3.63, 3.8) is 0 Å². The summed E-state index contributed by atoms with van der Waals surface area (Å²) in [4.78, 5) is 24.1. The molecule has 1 aliphatic heterocycles. The van der Waals surface area contributed by atoms with E-state index in [0.717, 1.165) is 12.0 Å². The third-order valence-corrected chi connectivity index (χ3v) is 3.64. The van der Waals surface area contributed by atoms with Gasteiger partial charge in [-0.15, -0.1) is 0 Å². The molecule has 0 bridgehead atoms. The van der Waals surface area contributed by atoms with Crippen LogP contribution < -0.4 is 10.1 Å². The summed E-state index contributed by atoms with van der Waals surface area (Å²) in [6, 6.07) is 6.60. The van der Waals surface area contributed by atoms with Crippen molar-refractivity contribution in [3.05, 3.63) is 29.8 Å². The molecule has 1 amide bonds. The van der Waals surface area contributed by atoms with Crippen molar-refractivity contribution in [2.75, 3.05) is 20.8 Å². The number of carbonyl (C=O) groups excluding carboxylic acids is 2. The molecule has 1 aromatic carbocycles. The first kappa shape index (κ1) is 16.3. The third-order valence-electron chi connectivity index (χ3n) is 3.64. The molecule has 0 spiro atoms. The monoisotopic (exact) mass is 307 g/mol. The number of hydrogen-bond acceptors (Lipinski definition) is 5. The third kappa shape index (κ3) is 3.98. The number of rotatable bonds is 6. The van der Waals surface area contributed by atoms with Gasteiger partial charge < -0.3 is 19.5 Å². The Labute approximate surface area is 129 Å². The van der Waals surface area contributed by atoms with Gasteiger partial charge in [0, 0.05) is 13.0 Å². The molecule has 0 aromatic heterocycles. The van der Waals surface area contributed by atoms with Crippen LogP contribution in [-0.2, 0) is 25.5 Å². The zero-order valence-electron chi connectivity index (χ0n) is 12.8. The van der Waals surface area contributed by atoms with Gasteiger partial charge >= 0.3 is 5.97 Å². The van der Waals surface area contributed by atoms with Crippen LogP contribution in [0.15, 0.2) is 24.3 Å². The topological polar surface area (TPSA) is 73.9 Å². The minimum atomic E-state index is -0.766. The second-order valence-electron chi connectivity index (χ2n) is 5.10. The molecule has 2 rings (SSSR count). The molecule has 6 heteroatoms. The lowest BCUT2D eigenvalue weighted by Gasteiger charge is -2.19. The largest absolute Gasteiger partial charge is 0.496 e. The summed E-state index contributed by atoms with van der Waals surface area (Å²) in [7, 11) is 2.87. The van der Waals surface area contributed by atoms with Crippen molar-refractivity contribution in [3.8, 4) is 5.75 Å². The molecule has 1 N–H and O–H groups in total. The number of para-hydroxylation sites is 1. The van der Waals surface area contributed by atoms with Crippen molar-refractivity contribution in [2.45, 2.75) is 31.4 Å². The molecule has 0 aliphatic carbocycles. The van der Waals surface area contributed by atoms with Gasteiger partial charge in [0.25, 0.3) is 0 Å². The van der Waals surface area contributed by atoms with Crippen LogP contribution in [-0.4, -0.2) is 44.8 Å². The van der Waals surface area contributed by atoms with Gasteiger partial charge in [0.05, 0.1) is 14.2 Å². The minimum Gasteiger partial charge on any atom is -0.496 e. The average molecular weight is 307 g/mol. The van der Waals surface area contributed by atoms with E-state index in [-0.39, 0.29) is 5.91 Å². The highest BCUT2D eigenvalue weighted by Crippen LogP contribution is 2.20. The number of hydrogen-bond donors (Lipinski definition) is 1. The number of nitrogens with one attached hydrogen (secondary N) is 1. The van der Waals surface area contributed by atoms with E-state index in [1.165, 1.54) is 7.11 Å². The average Bonchev–Trinajstić information content (AvgIpc) is 3.08. The first-order valence-electron chi connectivity index (χ1n) is 7.27. The first-order chi connectivity index (χ1) is 10.7. The second-order valence-corrected chi connectivity index (χ2v) is 5.10. The van der Waals surface area contributed by atoms with E-state index >= 15 is 0 Å². The van der Waals surface area contributed by atoms with Gasteiger partial charge in [-0.2, -0.15) is 0 Å². The first-order valence-corrected chi connectivity index (χ1v) is 7.27. The lowest BCUT2D eigenvalue weighted by molar-refractivity contribution is -0.146. The molecule has 22 heavy (non-hydrogen) atoms. The van der Waals surface area contributed by atoms with Gasteiger partial charge in [-0.3, -0.25) is 4.79 Å². The van der Waals surface area contributed by atoms with Crippen LogP contribution >= 0.6 is 0 Å². The number of methoxy groups -OCH3 is 2. The highest BCUT2D eigenvalue weighted by molar-refractivity contribution is 5.87. The number of ether oxygens (including phenoxy) is 3. The Balaban J connectivity index is 2.08. The maximum Gasteiger partial charge on any atom is 0.328 e. The quantitative estimate of drug-likeness (QED) is 0.796. The molecule has 0 unspecified atom stereocenters. The van der Waals surface area contributed by atoms with Crippen molar-refractivity contribution in [1.82, 2.24) is 5.32 Å². The summed E-state index contributed by atoms with van der Waals surface area (Å²) in [5.74, 6) is -0.0946. The van der Waals surface area contributed by atoms with E-state index in [4.69, 9.17) is 14.2 Å². The molecule has 6 nitrogen and oxygen atoms in total. The lowest BCUT2D eigenvalue weighted by Crippen LogP contribution is -2.47. The predicted octanol–water partition coefficient (Wildman–Crippen LogP) is 1.07. The predicted molar refractivity (Wildman–Crippen MR) is 79.6 cm³/mol. The number of amides is 1. The highest BCUT2D eigenvalue weighted by atomic mass is 16.5. The summed E-state index contributed by atoms with van der Waals surface area (Å²) in [6.45, 7) is 0.577. The summed E-state index contributed by atoms with van der Waals surface area (Å²) in [5.41, 5.74) is 0.827. The van der Waals surface area contributed by atoms with E-state index in [1.807, 2.05) is 24.3 Å². The van der Waals surface area contributed by atoms with Crippen LogP contribution in [0.1, 0.15) is 18.4 Å². The molecule has 1 saturated heterocycles. The number of esters is 1. The molecular formula is C16H21NO5. The maximum absolute atomic E-state index is 12.1. The van der Waals surface area contributed by atoms with Gasteiger partial charge in [0.2, 0.25) is 5.91 Å². The maximum atomic E-state index is 12.1. The van der Waals surface area contributed by atoms with E-state index in [9.17, 15) is 9.59 Å². The molecule has 1 heterocycles. The van der Waals surface area contributed by atoms with Crippen molar-refractivity contribution in [2.24, 2.45) is 0 Å². The summed E-state index contributed by atoms with van der Waals surface area (Å²) >= 11 is 0. The van der Waals surface area contributed by atoms with Gasteiger partial charge in [-0.25, -0.2) is 4.79 Å². The van der Waals surface area contributed by atoms with E-state index in [2.05, 4.69) is 5.32 Å². The smallest absolute Gasteiger partial charge is 0.328 e. The van der Waals surface area contributed by atoms with Crippen LogP contribution in [0.2, 0.25) is 0 Å². The lowest BCUT2D eigenvalue weighted by atomic mass is 10.0. The van der Waals surface area contributed by atoms with Crippen molar-refractivity contribution < 1.29 is 23.8 Å². The van der Waals surface area contributed by atoms with Crippen molar-refractivity contribution >= 4 is 11.9 Å². The second kappa shape index (κ2) is 7.79. The normalized spacial score (nSPS) is 18.5. The molecule has 1 aliphatic rings.